The number of fused-ring (bicyclic) bond motifs is 1. The number of hydrogen-bond acceptors (Lipinski definition) is 2. The highest BCUT2D eigenvalue weighted by Crippen LogP contribution is 2.37. The highest BCUT2D eigenvalue weighted by molar-refractivity contribution is 5.81. The van der Waals surface area contributed by atoms with E-state index in [9.17, 15) is 4.79 Å². The topological polar surface area (TPSA) is 46.3 Å². The van der Waals surface area contributed by atoms with Gasteiger partial charge in [-0.25, -0.2) is 0 Å². The van der Waals surface area contributed by atoms with Crippen LogP contribution >= 0.6 is 0 Å². The Hall–Kier alpha value is -1.51. The van der Waals surface area contributed by atoms with Crippen LogP contribution in [0, 0.1) is 5.41 Å². The molecule has 3 nitrogen and oxygen atoms in total. The summed E-state index contributed by atoms with van der Waals surface area (Å²) in [4.78, 5) is 13.8. The maximum absolute atomic E-state index is 11.5. The number of primary amides is 1. The van der Waals surface area contributed by atoms with Crippen LogP contribution in [0.3, 0.4) is 0 Å². The second-order valence-corrected chi connectivity index (χ2v) is 6.01. The molecule has 1 atom stereocenters. The number of carbonyl (C=O) groups is 1. The second-order valence-electron chi connectivity index (χ2n) is 6.01. The zero-order valence-electron chi connectivity index (χ0n) is 11.7. The summed E-state index contributed by atoms with van der Waals surface area (Å²) < 4.78 is 0. The Bertz CT molecular complexity index is 479. The molecule has 1 aromatic carbocycles. The molecule has 2 rings (SSSR count). The zero-order valence-corrected chi connectivity index (χ0v) is 11.7. The van der Waals surface area contributed by atoms with Gasteiger partial charge in [-0.05, 0) is 30.9 Å². The highest BCUT2D eigenvalue weighted by atomic mass is 16.1. The number of amides is 1. The van der Waals surface area contributed by atoms with Crippen LogP contribution in [0.15, 0.2) is 18.2 Å². The van der Waals surface area contributed by atoms with E-state index in [4.69, 9.17) is 5.73 Å². The Morgan fingerprint density at radius 1 is 1.50 bits per heavy atom. The first-order valence-electron chi connectivity index (χ1n) is 6.46. The first-order chi connectivity index (χ1) is 8.33. The Balaban J connectivity index is 2.37. The summed E-state index contributed by atoms with van der Waals surface area (Å²) in [5.41, 5.74) is 8.87. The molecule has 1 amide bonds. The van der Waals surface area contributed by atoms with Crippen molar-refractivity contribution in [2.45, 2.75) is 39.7 Å². The van der Waals surface area contributed by atoms with Gasteiger partial charge in [-0.15, -0.1) is 0 Å². The molecule has 0 bridgehead atoms. The Morgan fingerprint density at radius 3 is 2.78 bits per heavy atom. The third kappa shape index (κ3) is 2.09. The summed E-state index contributed by atoms with van der Waals surface area (Å²) >= 11 is 0. The quantitative estimate of drug-likeness (QED) is 0.888. The van der Waals surface area contributed by atoms with E-state index in [-0.39, 0.29) is 5.91 Å². The molecule has 18 heavy (non-hydrogen) atoms. The number of likely N-dealkylation sites (N-methyl/N-ethyl adjacent to an activating group) is 1. The predicted octanol–water partition coefficient (Wildman–Crippen LogP) is 2.12. The van der Waals surface area contributed by atoms with Crippen molar-refractivity contribution in [3.8, 4) is 0 Å². The number of anilines is 1. The van der Waals surface area contributed by atoms with Gasteiger partial charge in [0.1, 0.15) is 0 Å². The maximum atomic E-state index is 11.5. The fourth-order valence-corrected chi connectivity index (χ4v) is 2.64. The predicted molar refractivity (Wildman–Crippen MR) is 74.7 cm³/mol. The molecule has 2 N–H and O–H groups in total. The minimum absolute atomic E-state index is 0.242. The summed E-state index contributed by atoms with van der Waals surface area (Å²) in [6.07, 6.45) is 1.78. The van der Waals surface area contributed by atoms with Crippen molar-refractivity contribution in [1.82, 2.24) is 0 Å². The number of carbonyl (C=O) groups excluding carboxylic acids is 1. The lowest BCUT2D eigenvalue weighted by atomic mass is 9.84. The minimum Gasteiger partial charge on any atom is -0.371 e. The van der Waals surface area contributed by atoms with E-state index in [1.807, 2.05) is 13.8 Å². The summed E-state index contributed by atoms with van der Waals surface area (Å²) in [5.74, 6) is -0.242. The van der Waals surface area contributed by atoms with Crippen molar-refractivity contribution < 1.29 is 4.79 Å². The van der Waals surface area contributed by atoms with Gasteiger partial charge >= 0.3 is 0 Å². The molecule has 1 aromatic rings. The van der Waals surface area contributed by atoms with Gasteiger partial charge in [-0.3, -0.25) is 4.79 Å². The SMILES string of the molecule is CC1Cc2cccc(CC(C)(C)C(N)=O)c2N1C. The number of nitrogens with two attached hydrogens (primary N) is 1. The van der Waals surface area contributed by atoms with Gasteiger partial charge in [0.05, 0.1) is 0 Å². The average molecular weight is 246 g/mol. The van der Waals surface area contributed by atoms with E-state index < -0.39 is 5.41 Å². The molecule has 0 saturated carbocycles. The van der Waals surface area contributed by atoms with E-state index in [2.05, 4.69) is 37.1 Å². The molecule has 1 heterocycles. The van der Waals surface area contributed by atoms with Crippen molar-refractivity contribution in [2.75, 3.05) is 11.9 Å². The van der Waals surface area contributed by atoms with E-state index in [1.165, 1.54) is 16.8 Å². The molecule has 0 spiro atoms. The number of nitrogens with zero attached hydrogens (tertiary/aromatic N) is 1. The minimum atomic E-state index is -0.498. The molecule has 3 heteroatoms. The van der Waals surface area contributed by atoms with E-state index in [1.54, 1.807) is 0 Å². The molecule has 0 fully saturated rings. The largest absolute Gasteiger partial charge is 0.371 e. The normalized spacial score (nSPS) is 18.9. The van der Waals surface area contributed by atoms with E-state index >= 15 is 0 Å². The van der Waals surface area contributed by atoms with Gasteiger partial charge < -0.3 is 10.6 Å². The van der Waals surface area contributed by atoms with Crippen molar-refractivity contribution in [2.24, 2.45) is 11.1 Å². The van der Waals surface area contributed by atoms with Crippen LogP contribution in [0.25, 0.3) is 0 Å². The number of benzene rings is 1. The third-order valence-electron chi connectivity index (χ3n) is 4.03. The Kier molecular flexibility index (Phi) is 3.09. The molecule has 98 valence electrons. The maximum Gasteiger partial charge on any atom is 0.223 e. The molecule has 1 unspecified atom stereocenters. The van der Waals surface area contributed by atoms with Gasteiger partial charge in [0, 0.05) is 24.2 Å². The van der Waals surface area contributed by atoms with Crippen molar-refractivity contribution >= 4 is 11.6 Å². The molecule has 0 radical (unpaired) electrons. The zero-order chi connectivity index (χ0) is 13.5. The third-order valence-corrected chi connectivity index (χ3v) is 4.03. The van der Waals surface area contributed by atoms with Gasteiger partial charge in [0.2, 0.25) is 5.91 Å². The molecule has 1 aliphatic heterocycles. The van der Waals surface area contributed by atoms with Crippen LogP contribution in [-0.4, -0.2) is 19.0 Å². The van der Waals surface area contributed by atoms with Crippen LogP contribution in [0.2, 0.25) is 0 Å². The van der Waals surface area contributed by atoms with Crippen LogP contribution in [0.4, 0.5) is 5.69 Å². The van der Waals surface area contributed by atoms with Crippen LogP contribution in [0.5, 0.6) is 0 Å². The molecular weight excluding hydrogens is 224 g/mol. The fraction of sp³-hybridized carbons (Fsp3) is 0.533. The number of para-hydroxylation sites is 1. The molecular formula is C15H22N2O. The van der Waals surface area contributed by atoms with E-state index in [0.717, 1.165) is 6.42 Å². The monoisotopic (exact) mass is 246 g/mol. The summed E-state index contributed by atoms with van der Waals surface area (Å²) in [6, 6.07) is 6.89. The lowest BCUT2D eigenvalue weighted by Crippen LogP contribution is -2.34. The summed E-state index contributed by atoms with van der Waals surface area (Å²) in [5, 5.41) is 0. The lowest BCUT2D eigenvalue weighted by Gasteiger charge is -2.26. The van der Waals surface area contributed by atoms with Crippen molar-refractivity contribution in [3.05, 3.63) is 29.3 Å². The summed E-state index contributed by atoms with van der Waals surface area (Å²) in [7, 11) is 2.12. The summed E-state index contributed by atoms with van der Waals surface area (Å²) in [6.45, 7) is 6.04. The first kappa shape index (κ1) is 12.9. The van der Waals surface area contributed by atoms with Gasteiger partial charge in [0.25, 0.3) is 0 Å². The molecule has 0 saturated heterocycles. The number of rotatable bonds is 3. The van der Waals surface area contributed by atoms with Crippen molar-refractivity contribution in [3.63, 3.8) is 0 Å². The molecule has 1 aliphatic rings. The molecule has 0 aromatic heterocycles. The Labute approximate surface area is 109 Å². The van der Waals surface area contributed by atoms with Gasteiger partial charge in [0.15, 0.2) is 0 Å². The second kappa shape index (κ2) is 4.30. The standard InChI is InChI=1S/C15H22N2O/c1-10-8-11-6-5-7-12(13(11)17(10)4)9-15(2,3)14(16)18/h5-7,10H,8-9H2,1-4H3,(H2,16,18). The van der Waals surface area contributed by atoms with E-state index in [0.29, 0.717) is 12.5 Å². The number of hydrogen-bond donors (Lipinski definition) is 1. The fourth-order valence-electron chi connectivity index (χ4n) is 2.64. The smallest absolute Gasteiger partial charge is 0.223 e. The lowest BCUT2D eigenvalue weighted by molar-refractivity contribution is -0.125. The van der Waals surface area contributed by atoms with Crippen LogP contribution < -0.4 is 10.6 Å². The van der Waals surface area contributed by atoms with Gasteiger partial charge in [-0.2, -0.15) is 0 Å². The van der Waals surface area contributed by atoms with Gasteiger partial charge in [-0.1, -0.05) is 32.0 Å². The van der Waals surface area contributed by atoms with Crippen LogP contribution in [-0.2, 0) is 17.6 Å². The van der Waals surface area contributed by atoms with Crippen LogP contribution in [0.1, 0.15) is 31.9 Å². The Morgan fingerprint density at radius 2 is 2.17 bits per heavy atom. The molecule has 0 aliphatic carbocycles. The van der Waals surface area contributed by atoms with Crippen molar-refractivity contribution in [1.29, 1.82) is 0 Å². The highest BCUT2D eigenvalue weighted by Gasteiger charge is 2.30. The first-order valence-corrected chi connectivity index (χ1v) is 6.46. The average Bonchev–Trinajstić information content (AvgIpc) is 2.55.